The summed E-state index contributed by atoms with van der Waals surface area (Å²) in [6.45, 7) is 8.15. The average molecular weight is 341 g/mol. The first-order valence-corrected chi connectivity index (χ1v) is 7.88. The van der Waals surface area contributed by atoms with Crippen LogP contribution in [0.1, 0.15) is 38.8 Å². The Balaban J connectivity index is 2.07. The number of aromatic nitrogens is 2. The molecule has 0 saturated heterocycles. The highest BCUT2D eigenvalue weighted by Crippen LogP contribution is 2.15. The van der Waals surface area contributed by atoms with E-state index in [1.54, 1.807) is 17.0 Å². The molecule has 0 atom stereocenters. The molecule has 1 aromatic carbocycles. The first kappa shape index (κ1) is 18.4. The topological polar surface area (TPSA) is 55.3 Å². The molecule has 0 bridgehead atoms. The quantitative estimate of drug-likeness (QED) is 0.783. The van der Waals surface area contributed by atoms with E-state index in [1.165, 1.54) is 24.5 Å². The maximum atomic E-state index is 13.1. The van der Waals surface area contributed by atoms with Crippen LogP contribution >= 0.6 is 0 Å². The molecule has 0 aliphatic carbocycles. The number of rotatable bonds is 2. The molecule has 0 saturated carbocycles. The molecule has 1 aromatic heterocycles. The highest BCUT2D eigenvalue weighted by Gasteiger charge is 2.27. The Morgan fingerprint density at radius 2 is 1.84 bits per heavy atom. The average Bonchev–Trinajstić information content (AvgIpc) is 2.53. The monoisotopic (exact) mass is 341 g/mol. The van der Waals surface area contributed by atoms with E-state index < -0.39 is 6.09 Å². The minimum absolute atomic E-state index is 0.0380. The van der Waals surface area contributed by atoms with E-state index in [0.717, 1.165) is 0 Å². The standard InChI is InChI=1S/C19H20FN3O2/c1-5-23(19(2,3)4)18(24)25-17-21-12-15(13-22-17)10-9-14-7-6-8-16(20)11-14/h6-8,11-13H,5H2,1-4H3. The number of amides is 1. The second kappa shape index (κ2) is 7.75. The molecule has 0 aliphatic rings. The molecule has 0 aliphatic heterocycles. The third-order valence-electron chi connectivity index (χ3n) is 3.33. The summed E-state index contributed by atoms with van der Waals surface area (Å²) in [4.78, 5) is 21.7. The normalized spacial score (nSPS) is 10.6. The highest BCUT2D eigenvalue weighted by atomic mass is 19.1. The van der Waals surface area contributed by atoms with Gasteiger partial charge in [-0.3, -0.25) is 0 Å². The van der Waals surface area contributed by atoms with Crippen molar-refractivity contribution in [3.05, 3.63) is 53.6 Å². The Morgan fingerprint density at radius 1 is 1.20 bits per heavy atom. The van der Waals surface area contributed by atoms with Crippen molar-refractivity contribution in [3.8, 4) is 17.9 Å². The second-order valence-electron chi connectivity index (χ2n) is 6.30. The van der Waals surface area contributed by atoms with Crippen molar-refractivity contribution >= 4 is 6.09 Å². The van der Waals surface area contributed by atoms with E-state index in [2.05, 4.69) is 21.8 Å². The van der Waals surface area contributed by atoms with Gasteiger partial charge in [0.1, 0.15) is 5.82 Å². The predicted molar refractivity (Wildman–Crippen MR) is 92.6 cm³/mol. The fourth-order valence-corrected chi connectivity index (χ4v) is 2.15. The summed E-state index contributed by atoms with van der Waals surface area (Å²) < 4.78 is 18.3. The van der Waals surface area contributed by atoms with Crippen molar-refractivity contribution in [2.24, 2.45) is 0 Å². The molecule has 0 radical (unpaired) electrons. The van der Waals surface area contributed by atoms with Crippen molar-refractivity contribution < 1.29 is 13.9 Å². The van der Waals surface area contributed by atoms with E-state index in [0.29, 0.717) is 17.7 Å². The van der Waals surface area contributed by atoms with Gasteiger partial charge < -0.3 is 9.64 Å². The first-order chi connectivity index (χ1) is 11.8. The van der Waals surface area contributed by atoms with Crippen LogP contribution in [0.5, 0.6) is 6.01 Å². The molecule has 130 valence electrons. The zero-order valence-corrected chi connectivity index (χ0v) is 14.7. The number of carbonyl (C=O) groups excluding carboxylic acids is 1. The Kier molecular flexibility index (Phi) is 5.71. The van der Waals surface area contributed by atoms with Gasteiger partial charge in [0.2, 0.25) is 0 Å². The molecule has 0 N–H and O–H groups in total. The third-order valence-corrected chi connectivity index (χ3v) is 3.33. The molecule has 2 rings (SSSR count). The summed E-state index contributed by atoms with van der Waals surface area (Å²) >= 11 is 0. The molecule has 5 nitrogen and oxygen atoms in total. The fraction of sp³-hybridized carbons (Fsp3) is 0.316. The lowest BCUT2D eigenvalue weighted by atomic mass is 10.1. The van der Waals surface area contributed by atoms with Crippen LogP contribution in [0.25, 0.3) is 0 Å². The number of halogens is 1. The van der Waals surface area contributed by atoms with Crippen molar-refractivity contribution in [2.75, 3.05) is 6.54 Å². The summed E-state index contributed by atoms with van der Waals surface area (Å²) in [5.41, 5.74) is 0.730. The number of nitrogens with zero attached hydrogens (tertiary/aromatic N) is 3. The number of hydrogen-bond acceptors (Lipinski definition) is 4. The number of carbonyl (C=O) groups is 1. The van der Waals surface area contributed by atoms with Gasteiger partial charge in [-0.15, -0.1) is 0 Å². The minimum Gasteiger partial charge on any atom is -0.374 e. The van der Waals surface area contributed by atoms with Gasteiger partial charge >= 0.3 is 12.1 Å². The smallest absolute Gasteiger partial charge is 0.374 e. The van der Waals surface area contributed by atoms with E-state index in [4.69, 9.17) is 4.74 Å². The first-order valence-electron chi connectivity index (χ1n) is 7.88. The molecule has 1 amide bonds. The van der Waals surface area contributed by atoms with Crippen LogP contribution in [0.4, 0.5) is 9.18 Å². The van der Waals surface area contributed by atoms with Crippen molar-refractivity contribution in [1.29, 1.82) is 0 Å². The lowest BCUT2D eigenvalue weighted by molar-refractivity contribution is 0.108. The SMILES string of the molecule is CCN(C(=O)Oc1ncc(C#Cc2cccc(F)c2)cn1)C(C)(C)C. The second-order valence-corrected chi connectivity index (χ2v) is 6.30. The minimum atomic E-state index is -0.506. The predicted octanol–water partition coefficient (Wildman–Crippen LogP) is 3.63. The van der Waals surface area contributed by atoms with Crippen LogP contribution < -0.4 is 4.74 Å². The molecule has 25 heavy (non-hydrogen) atoms. The lowest BCUT2D eigenvalue weighted by Gasteiger charge is -2.33. The molecular weight excluding hydrogens is 321 g/mol. The summed E-state index contributed by atoms with van der Waals surface area (Å²) in [7, 11) is 0. The van der Waals surface area contributed by atoms with E-state index >= 15 is 0 Å². The number of benzene rings is 1. The molecule has 6 heteroatoms. The number of hydrogen-bond donors (Lipinski definition) is 0. The summed E-state index contributed by atoms with van der Waals surface area (Å²) in [6, 6.07) is 5.96. The maximum Gasteiger partial charge on any atom is 0.418 e. The van der Waals surface area contributed by atoms with Gasteiger partial charge in [0.05, 0.1) is 5.56 Å². The van der Waals surface area contributed by atoms with Gasteiger partial charge in [-0.05, 0) is 45.9 Å². The molecule has 0 unspecified atom stereocenters. The summed E-state index contributed by atoms with van der Waals surface area (Å²) in [6.07, 6.45) is 2.40. The Morgan fingerprint density at radius 3 is 2.40 bits per heavy atom. The summed E-state index contributed by atoms with van der Waals surface area (Å²) in [5.74, 6) is 5.31. The van der Waals surface area contributed by atoms with E-state index in [9.17, 15) is 9.18 Å². The maximum absolute atomic E-state index is 13.1. The third kappa shape index (κ3) is 5.28. The Labute approximate surface area is 146 Å². The molecule has 0 spiro atoms. The molecule has 0 fully saturated rings. The van der Waals surface area contributed by atoms with Crippen LogP contribution in [-0.2, 0) is 0 Å². The van der Waals surface area contributed by atoms with Crippen molar-refractivity contribution in [2.45, 2.75) is 33.2 Å². The molecule has 1 heterocycles. The highest BCUT2D eigenvalue weighted by molar-refractivity contribution is 5.70. The van der Waals surface area contributed by atoms with Gasteiger partial charge in [0.15, 0.2) is 0 Å². The van der Waals surface area contributed by atoms with Crippen LogP contribution in [0.2, 0.25) is 0 Å². The van der Waals surface area contributed by atoms with E-state index in [1.807, 2.05) is 27.7 Å². The molecular formula is C19H20FN3O2. The number of ether oxygens (including phenoxy) is 1. The van der Waals surface area contributed by atoms with E-state index in [-0.39, 0.29) is 17.4 Å². The van der Waals surface area contributed by atoms with Gasteiger partial charge in [-0.25, -0.2) is 19.2 Å². The zero-order valence-electron chi connectivity index (χ0n) is 14.7. The Hall–Kier alpha value is -2.94. The molecule has 2 aromatic rings. The lowest BCUT2D eigenvalue weighted by Crippen LogP contribution is -2.46. The van der Waals surface area contributed by atoms with Gasteiger partial charge in [-0.1, -0.05) is 17.9 Å². The summed E-state index contributed by atoms with van der Waals surface area (Å²) in [5, 5.41) is 0. The van der Waals surface area contributed by atoms with Gasteiger partial charge in [0.25, 0.3) is 0 Å². The van der Waals surface area contributed by atoms with Crippen LogP contribution in [0, 0.1) is 17.7 Å². The van der Waals surface area contributed by atoms with Gasteiger partial charge in [0, 0.05) is 30.0 Å². The Bertz CT molecular complexity index is 802. The largest absolute Gasteiger partial charge is 0.418 e. The van der Waals surface area contributed by atoms with Crippen molar-refractivity contribution in [3.63, 3.8) is 0 Å². The fourth-order valence-electron chi connectivity index (χ4n) is 2.15. The van der Waals surface area contributed by atoms with Crippen LogP contribution in [0.15, 0.2) is 36.7 Å². The van der Waals surface area contributed by atoms with Crippen LogP contribution in [-0.4, -0.2) is 33.0 Å². The van der Waals surface area contributed by atoms with Crippen LogP contribution in [0.3, 0.4) is 0 Å². The zero-order chi connectivity index (χ0) is 18.4. The van der Waals surface area contributed by atoms with Crippen molar-refractivity contribution in [1.82, 2.24) is 14.9 Å². The van der Waals surface area contributed by atoms with Gasteiger partial charge in [-0.2, -0.15) is 0 Å².